The fraction of sp³-hybridized carbons (Fsp3) is 0.304. The summed E-state index contributed by atoms with van der Waals surface area (Å²) in [6.45, 7) is 7.49. The third-order valence-corrected chi connectivity index (χ3v) is 4.23. The molecule has 1 amide bonds. The van der Waals surface area contributed by atoms with E-state index in [4.69, 9.17) is 14.2 Å². The number of hydrogen-bond acceptors (Lipinski definition) is 5. The molecule has 0 bridgehead atoms. The predicted octanol–water partition coefficient (Wildman–Crippen LogP) is 4.21. The lowest BCUT2D eigenvalue weighted by atomic mass is 10.2. The van der Waals surface area contributed by atoms with Crippen LogP contribution in [0.2, 0.25) is 0 Å². The summed E-state index contributed by atoms with van der Waals surface area (Å²) < 4.78 is 18.7. The summed E-state index contributed by atoms with van der Waals surface area (Å²) in [5.74, 6) is 2.02. The van der Waals surface area contributed by atoms with Crippen LogP contribution in [0.5, 0.6) is 17.2 Å². The molecular formula is C23H27N3O4. The van der Waals surface area contributed by atoms with Crippen LogP contribution in [0.3, 0.4) is 0 Å². The Morgan fingerprint density at radius 1 is 0.967 bits per heavy atom. The second-order valence-corrected chi connectivity index (χ2v) is 6.66. The minimum absolute atomic E-state index is 0.135. The fourth-order valence-electron chi connectivity index (χ4n) is 2.89. The molecular weight excluding hydrogens is 382 g/mol. The molecule has 0 fully saturated rings. The van der Waals surface area contributed by atoms with E-state index in [0.717, 1.165) is 17.0 Å². The van der Waals surface area contributed by atoms with Crippen molar-refractivity contribution < 1.29 is 19.0 Å². The van der Waals surface area contributed by atoms with Crippen molar-refractivity contribution in [1.29, 1.82) is 0 Å². The van der Waals surface area contributed by atoms with Gasteiger partial charge in [0.05, 0.1) is 18.9 Å². The van der Waals surface area contributed by atoms with Gasteiger partial charge < -0.3 is 19.5 Å². The first-order chi connectivity index (χ1) is 14.6. The highest BCUT2D eigenvalue weighted by molar-refractivity contribution is 5.90. The second-order valence-electron chi connectivity index (χ2n) is 6.66. The van der Waals surface area contributed by atoms with E-state index in [9.17, 15) is 4.79 Å². The minimum Gasteiger partial charge on any atom is -0.490 e. The van der Waals surface area contributed by atoms with Crippen molar-refractivity contribution in [3.63, 3.8) is 0 Å². The second kappa shape index (κ2) is 10.3. The number of ether oxygens (including phenoxy) is 3. The molecule has 0 spiro atoms. The number of aryl methyl sites for hydroxylation is 1. The zero-order valence-corrected chi connectivity index (χ0v) is 17.6. The van der Waals surface area contributed by atoms with Crippen LogP contribution >= 0.6 is 0 Å². The molecule has 0 saturated heterocycles. The summed E-state index contributed by atoms with van der Waals surface area (Å²) >= 11 is 0. The summed E-state index contributed by atoms with van der Waals surface area (Å²) in [6, 6.07) is 14.9. The van der Waals surface area contributed by atoms with E-state index in [2.05, 4.69) is 10.4 Å². The standard InChI is InChI=1S/C23H27N3O4/c1-4-28-21-11-6-18(14-22(21)29-5-2)16-30-20-9-7-19(8-10-20)24-23(27)15-26-13-12-17(3)25-26/h6-14H,4-5,15-16H2,1-3H3,(H,24,27). The molecule has 158 valence electrons. The Balaban J connectivity index is 1.54. The molecule has 7 heteroatoms. The van der Waals surface area contributed by atoms with Gasteiger partial charge in [0.15, 0.2) is 11.5 Å². The van der Waals surface area contributed by atoms with Crippen molar-refractivity contribution >= 4 is 11.6 Å². The van der Waals surface area contributed by atoms with Crippen molar-refractivity contribution in [2.75, 3.05) is 18.5 Å². The van der Waals surface area contributed by atoms with Gasteiger partial charge >= 0.3 is 0 Å². The Labute approximate surface area is 176 Å². The number of aromatic nitrogens is 2. The quantitative estimate of drug-likeness (QED) is 0.543. The van der Waals surface area contributed by atoms with Crippen LogP contribution in [0, 0.1) is 6.92 Å². The highest BCUT2D eigenvalue weighted by Gasteiger charge is 2.08. The molecule has 30 heavy (non-hydrogen) atoms. The summed E-state index contributed by atoms with van der Waals surface area (Å²) in [7, 11) is 0. The molecule has 3 rings (SSSR count). The average molecular weight is 409 g/mol. The van der Waals surface area contributed by atoms with Crippen LogP contribution in [0.4, 0.5) is 5.69 Å². The van der Waals surface area contributed by atoms with Crippen molar-refractivity contribution in [2.24, 2.45) is 0 Å². The number of amides is 1. The molecule has 2 aromatic carbocycles. The van der Waals surface area contributed by atoms with E-state index in [0.29, 0.717) is 37.0 Å². The molecule has 0 aliphatic carbocycles. The van der Waals surface area contributed by atoms with Gasteiger partial charge in [0, 0.05) is 11.9 Å². The molecule has 0 aliphatic rings. The van der Waals surface area contributed by atoms with Gasteiger partial charge in [-0.1, -0.05) is 6.07 Å². The number of carbonyl (C=O) groups excluding carboxylic acids is 1. The van der Waals surface area contributed by atoms with E-state index in [1.165, 1.54) is 0 Å². The molecule has 0 saturated carbocycles. The first-order valence-corrected chi connectivity index (χ1v) is 9.98. The highest BCUT2D eigenvalue weighted by atomic mass is 16.5. The van der Waals surface area contributed by atoms with Crippen LogP contribution in [0.25, 0.3) is 0 Å². The van der Waals surface area contributed by atoms with Crippen LogP contribution < -0.4 is 19.5 Å². The molecule has 0 unspecified atom stereocenters. The van der Waals surface area contributed by atoms with Gasteiger partial charge in [0.2, 0.25) is 5.91 Å². The first kappa shape index (κ1) is 21.2. The van der Waals surface area contributed by atoms with Crippen molar-refractivity contribution in [1.82, 2.24) is 9.78 Å². The van der Waals surface area contributed by atoms with Crippen LogP contribution in [0.1, 0.15) is 25.1 Å². The fourth-order valence-corrected chi connectivity index (χ4v) is 2.89. The number of nitrogens with zero attached hydrogens (tertiary/aromatic N) is 2. The van der Waals surface area contributed by atoms with E-state index in [1.54, 1.807) is 10.9 Å². The molecule has 0 aliphatic heterocycles. The monoisotopic (exact) mass is 409 g/mol. The van der Waals surface area contributed by atoms with Gasteiger partial charge in [0.25, 0.3) is 0 Å². The number of benzene rings is 2. The van der Waals surface area contributed by atoms with Gasteiger partial charge in [-0.05, 0) is 68.8 Å². The smallest absolute Gasteiger partial charge is 0.246 e. The summed E-state index contributed by atoms with van der Waals surface area (Å²) in [5, 5.41) is 7.07. The maximum absolute atomic E-state index is 12.1. The van der Waals surface area contributed by atoms with Crippen LogP contribution in [-0.4, -0.2) is 28.9 Å². The van der Waals surface area contributed by atoms with Crippen LogP contribution in [-0.2, 0) is 17.9 Å². The summed E-state index contributed by atoms with van der Waals surface area (Å²) in [4.78, 5) is 12.1. The Hall–Kier alpha value is -3.48. The molecule has 1 N–H and O–H groups in total. The summed E-state index contributed by atoms with van der Waals surface area (Å²) in [6.07, 6.45) is 1.78. The third kappa shape index (κ3) is 6.01. The predicted molar refractivity (Wildman–Crippen MR) is 115 cm³/mol. The lowest BCUT2D eigenvalue weighted by Crippen LogP contribution is -2.19. The summed E-state index contributed by atoms with van der Waals surface area (Å²) in [5.41, 5.74) is 2.56. The largest absolute Gasteiger partial charge is 0.490 e. The highest BCUT2D eigenvalue weighted by Crippen LogP contribution is 2.29. The Kier molecular flexibility index (Phi) is 7.32. The van der Waals surface area contributed by atoms with E-state index >= 15 is 0 Å². The SMILES string of the molecule is CCOc1ccc(COc2ccc(NC(=O)Cn3ccc(C)n3)cc2)cc1OCC. The lowest BCUT2D eigenvalue weighted by molar-refractivity contribution is -0.116. The zero-order chi connectivity index (χ0) is 21.3. The molecule has 7 nitrogen and oxygen atoms in total. The Morgan fingerprint density at radius 2 is 1.70 bits per heavy atom. The molecule has 1 heterocycles. The van der Waals surface area contributed by atoms with E-state index < -0.39 is 0 Å². The minimum atomic E-state index is -0.135. The zero-order valence-electron chi connectivity index (χ0n) is 17.6. The van der Waals surface area contributed by atoms with Crippen molar-refractivity contribution in [3.8, 4) is 17.2 Å². The molecule has 0 radical (unpaired) electrons. The maximum atomic E-state index is 12.1. The first-order valence-electron chi connectivity index (χ1n) is 9.98. The normalized spacial score (nSPS) is 10.5. The van der Waals surface area contributed by atoms with Gasteiger partial charge in [-0.25, -0.2) is 0 Å². The molecule has 1 aromatic heterocycles. The van der Waals surface area contributed by atoms with Gasteiger partial charge in [-0.15, -0.1) is 0 Å². The Bertz CT molecular complexity index is 967. The topological polar surface area (TPSA) is 74.6 Å². The van der Waals surface area contributed by atoms with Crippen molar-refractivity contribution in [3.05, 3.63) is 66.0 Å². The van der Waals surface area contributed by atoms with Crippen LogP contribution in [0.15, 0.2) is 54.7 Å². The maximum Gasteiger partial charge on any atom is 0.246 e. The van der Waals surface area contributed by atoms with Gasteiger partial charge in [-0.2, -0.15) is 5.10 Å². The van der Waals surface area contributed by atoms with Crippen molar-refractivity contribution in [2.45, 2.75) is 33.9 Å². The van der Waals surface area contributed by atoms with E-state index in [-0.39, 0.29) is 12.5 Å². The lowest BCUT2D eigenvalue weighted by Gasteiger charge is -2.13. The van der Waals surface area contributed by atoms with Gasteiger partial charge in [-0.3, -0.25) is 9.48 Å². The Morgan fingerprint density at radius 3 is 2.37 bits per heavy atom. The number of anilines is 1. The number of nitrogens with one attached hydrogen (secondary N) is 1. The number of carbonyl (C=O) groups is 1. The third-order valence-electron chi connectivity index (χ3n) is 4.23. The number of rotatable bonds is 10. The molecule has 0 atom stereocenters. The average Bonchev–Trinajstić information content (AvgIpc) is 3.14. The number of hydrogen-bond donors (Lipinski definition) is 1. The van der Waals surface area contributed by atoms with E-state index in [1.807, 2.05) is 69.3 Å². The van der Waals surface area contributed by atoms with Gasteiger partial charge in [0.1, 0.15) is 18.9 Å². The molecule has 3 aromatic rings.